The average molecular weight is 407 g/mol. The predicted octanol–water partition coefficient (Wildman–Crippen LogP) is 3.88. The molecule has 1 saturated carbocycles. The van der Waals surface area contributed by atoms with Crippen molar-refractivity contribution in [2.75, 3.05) is 18.2 Å². The van der Waals surface area contributed by atoms with Gasteiger partial charge in [0.05, 0.1) is 6.54 Å². The lowest BCUT2D eigenvalue weighted by atomic mass is 9.94. The Morgan fingerprint density at radius 1 is 1.11 bits per heavy atom. The van der Waals surface area contributed by atoms with Crippen LogP contribution in [0.15, 0.2) is 42.5 Å². The summed E-state index contributed by atoms with van der Waals surface area (Å²) in [7, 11) is 0. The molecule has 1 fully saturated rings. The van der Waals surface area contributed by atoms with E-state index in [9.17, 15) is 9.18 Å². The third kappa shape index (κ3) is 4.08. The number of fused-ring (bicyclic) bond motifs is 1. The molecule has 1 amide bonds. The van der Waals surface area contributed by atoms with Gasteiger partial charge in [-0.2, -0.15) is 0 Å². The molecule has 5 nitrogen and oxygen atoms in total. The number of rotatable bonds is 5. The Kier molecular flexibility index (Phi) is 6.42. The van der Waals surface area contributed by atoms with Crippen LogP contribution in [0.1, 0.15) is 24.8 Å². The number of halogens is 2. The van der Waals surface area contributed by atoms with Crippen molar-refractivity contribution in [2.24, 2.45) is 17.6 Å². The first-order chi connectivity index (χ1) is 13.2. The Balaban J connectivity index is 0.00000225. The summed E-state index contributed by atoms with van der Waals surface area (Å²) in [6.07, 6.45) is 2.84. The zero-order valence-corrected chi connectivity index (χ0v) is 16.3. The Morgan fingerprint density at radius 3 is 2.61 bits per heavy atom. The molecule has 1 aliphatic carbocycles. The van der Waals surface area contributed by atoms with Crippen LogP contribution in [-0.4, -0.2) is 19.2 Å². The van der Waals surface area contributed by atoms with Crippen molar-refractivity contribution in [2.45, 2.75) is 25.8 Å². The molecule has 2 aromatic carbocycles. The van der Waals surface area contributed by atoms with Gasteiger partial charge in [0.25, 0.3) is 0 Å². The minimum atomic E-state index is -0.324. The van der Waals surface area contributed by atoms with Gasteiger partial charge >= 0.3 is 0 Å². The van der Waals surface area contributed by atoms with Crippen LogP contribution in [0.3, 0.4) is 0 Å². The van der Waals surface area contributed by atoms with Crippen LogP contribution in [-0.2, 0) is 11.3 Å². The van der Waals surface area contributed by atoms with Crippen LogP contribution in [0.5, 0.6) is 11.5 Å². The SMILES string of the molecule is Cl.NC[C@H]1CCC[C@H]1C(=O)N(Cc1ccc2c(c1)OCO2)c1ccc(F)cc1. The molecule has 0 radical (unpaired) electrons. The molecular weight excluding hydrogens is 383 g/mol. The standard InChI is InChI=1S/C21H23FN2O3.ClH/c22-16-5-7-17(8-6-16)24(21(25)18-3-1-2-15(18)11-23)12-14-4-9-19-20(10-14)27-13-26-19;/h4-10,15,18H,1-3,11-13,23H2;1H/t15-,18-;/m1./s1. The third-order valence-corrected chi connectivity index (χ3v) is 5.46. The lowest BCUT2D eigenvalue weighted by Crippen LogP contribution is -2.38. The van der Waals surface area contributed by atoms with Crippen LogP contribution in [0, 0.1) is 17.7 Å². The summed E-state index contributed by atoms with van der Waals surface area (Å²) in [5, 5.41) is 0. The second kappa shape index (κ2) is 8.80. The summed E-state index contributed by atoms with van der Waals surface area (Å²) in [5.41, 5.74) is 7.50. The molecule has 150 valence electrons. The van der Waals surface area contributed by atoms with Gasteiger partial charge in [-0.15, -0.1) is 12.4 Å². The zero-order chi connectivity index (χ0) is 18.8. The van der Waals surface area contributed by atoms with Gasteiger partial charge in [0.2, 0.25) is 12.7 Å². The fourth-order valence-electron chi connectivity index (χ4n) is 3.98. The van der Waals surface area contributed by atoms with E-state index in [0.29, 0.717) is 30.3 Å². The second-order valence-electron chi connectivity index (χ2n) is 7.12. The highest BCUT2D eigenvalue weighted by Gasteiger charge is 2.35. The van der Waals surface area contributed by atoms with Crippen molar-refractivity contribution in [3.63, 3.8) is 0 Å². The Bertz CT molecular complexity index is 831. The summed E-state index contributed by atoms with van der Waals surface area (Å²) >= 11 is 0. The molecule has 0 spiro atoms. The predicted molar refractivity (Wildman–Crippen MR) is 107 cm³/mol. The van der Waals surface area contributed by atoms with Crippen molar-refractivity contribution in [1.29, 1.82) is 0 Å². The van der Waals surface area contributed by atoms with Crippen molar-refractivity contribution in [3.8, 4) is 11.5 Å². The first kappa shape index (κ1) is 20.4. The number of carbonyl (C=O) groups excluding carboxylic acids is 1. The number of hydrogen-bond acceptors (Lipinski definition) is 4. The largest absolute Gasteiger partial charge is 0.454 e. The molecule has 0 unspecified atom stereocenters. The van der Waals surface area contributed by atoms with Crippen molar-refractivity contribution in [3.05, 3.63) is 53.8 Å². The monoisotopic (exact) mass is 406 g/mol. The van der Waals surface area contributed by atoms with Gasteiger partial charge < -0.3 is 20.1 Å². The molecule has 4 rings (SSSR count). The number of benzene rings is 2. The summed E-state index contributed by atoms with van der Waals surface area (Å²) in [6.45, 7) is 1.10. The molecule has 7 heteroatoms. The van der Waals surface area contributed by atoms with Crippen LogP contribution in [0.2, 0.25) is 0 Å². The Labute approximate surface area is 170 Å². The summed E-state index contributed by atoms with van der Waals surface area (Å²) in [5.74, 6) is 1.23. The van der Waals surface area contributed by atoms with E-state index in [4.69, 9.17) is 15.2 Å². The van der Waals surface area contributed by atoms with Gasteiger partial charge in [0.1, 0.15) is 5.82 Å². The smallest absolute Gasteiger partial charge is 0.231 e. The van der Waals surface area contributed by atoms with E-state index in [0.717, 1.165) is 24.8 Å². The van der Waals surface area contributed by atoms with E-state index in [1.807, 2.05) is 18.2 Å². The topological polar surface area (TPSA) is 64.8 Å². The van der Waals surface area contributed by atoms with Crippen LogP contribution < -0.4 is 20.1 Å². The van der Waals surface area contributed by atoms with E-state index in [-0.39, 0.29) is 42.8 Å². The van der Waals surface area contributed by atoms with Crippen molar-refractivity contribution in [1.82, 2.24) is 0 Å². The molecular formula is C21H24ClFN2O3. The molecule has 2 N–H and O–H groups in total. The molecule has 0 saturated heterocycles. The molecule has 2 aliphatic rings. The molecule has 1 aliphatic heterocycles. The molecule has 0 bridgehead atoms. The number of anilines is 1. The van der Waals surface area contributed by atoms with Crippen molar-refractivity contribution >= 4 is 24.0 Å². The average Bonchev–Trinajstić information content (AvgIpc) is 3.35. The molecule has 0 aromatic heterocycles. The van der Waals surface area contributed by atoms with Gasteiger partial charge in [-0.25, -0.2) is 4.39 Å². The first-order valence-electron chi connectivity index (χ1n) is 9.31. The molecule has 28 heavy (non-hydrogen) atoms. The maximum atomic E-state index is 13.4. The van der Waals surface area contributed by atoms with Gasteiger partial charge in [0, 0.05) is 11.6 Å². The highest BCUT2D eigenvalue weighted by atomic mass is 35.5. The van der Waals surface area contributed by atoms with Crippen LogP contribution in [0.25, 0.3) is 0 Å². The van der Waals surface area contributed by atoms with E-state index in [1.165, 1.54) is 12.1 Å². The van der Waals surface area contributed by atoms with Crippen molar-refractivity contribution < 1.29 is 18.7 Å². The third-order valence-electron chi connectivity index (χ3n) is 5.46. The van der Waals surface area contributed by atoms with Gasteiger partial charge in [-0.1, -0.05) is 12.5 Å². The van der Waals surface area contributed by atoms with E-state index < -0.39 is 0 Å². The van der Waals surface area contributed by atoms with Crippen LogP contribution >= 0.6 is 12.4 Å². The highest BCUT2D eigenvalue weighted by Crippen LogP contribution is 2.36. The minimum Gasteiger partial charge on any atom is -0.454 e. The van der Waals surface area contributed by atoms with Gasteiger partial charge in [-0.3, -0.25) is 4.79 Å². The summed E-state index contributed by atoms with van der Waals surface area (Å²) in [6, 6.07) is 11.7. The lowest BCUT2D eigenvalue weighted by molar-refractivity contribution is -0.123. The fraction of sp³-hybridized carbons (Fsp3) is 0.381. The highest BCUT2D eigenvalue weighted by molar-refractivity contribution is 5.95. The molecule has 1 heterocycles. The zero-order valence-electron chi connectivity index (χ0n) is 15.5. The molecule has 2 aromatic rings. The number of hydrogen-bond donors (Lipinski definition) is 1. The van der Waals surface area contributed by atoms with E-state index >= 15 is 0 Å². The van der Waals surface area contributed by atoms with E-state index in [1.54, 1.807) is 17.0 Å². The number of nitrogens with two attached hydrogens (primary N) is 1. The fourth-order valence-corrected chi connectivity index (χ4v) is 3.98. The Hall–Kier alpha value is -2.31. The number of amides is 1. The molecule has 2 atom stereocenters. The van der Waals surface area contributed by atoms with Crippen LogP contribution in [0.4, 0.5) is 10.1 Å². The minimum absolute atomic E-state index is 0. The quantitative estimate of drug-likeness (QED) is 0.818. The maximum absolute atomic E-state index is 13.4. The van der Waals surface area contributed by atoms with Gasteiger partial charge in [0.15, 0.2) is 11.5 Å². The first-order valence-corrected chi connectivity index (χ1v) is 9.31. The lowest BCUT2D eigenvalue weighted by Gasteiger charge is -2.28. The summed E-state index contributed by atoms with van der Waals surface area (Å²) in [4.78, 5) is 15.1. The second-order valence-corrected chi connectivity index (χ2v) is 7.12. The Morgan fingerprint density at radius 2 is 1.86 bits per heavy atom. The number of ether oxygens (including phenoxy) is 2. The summed E-state index contributed by atoms with van der Waals surface area (Å²) < 4.78 is 24.2. The van der Waals surface area contributed by atoms with E-state index in [2.05, 4.69) is 0 Å². The van der Waals surface area contributed by atoms with Gasteiger partial charge in [-0.05, 0) is 67.3 Å². The number of nitrogens with zero attached hydrogens (tertiary/aromatic N) is 1. The number of carbonyl (C=O) groups is 1. The maximum Gasteiger partial charge on any atom is 0.231 e. The normalized spacial score (nSPS) is 19.9.